The van der Waals surface area contributed by atoms with E-state index in [1.165, 1.54) is 12.1 Å². The second kappa shape index (κ2) is 9.30. The molecule has 0 saturated heterocycles. The average molecular weight is 381 g/mol. The van der Waals surface area contributed by atoms with E-state index in [-0.39, 0.29) is 31.2 Å². The average Bonchev–Trinajstić information content (AvgIpc) is 2.62. The summed E-state index contributed by atoms with van der Waals surface area (Å²) >= 11 is 0. The van der Waals surface area contributed by atoms with Crippen molar-refractivity contribution in [2.45, 2.75) is 33.0 Å². The Kier molecular flexibility index (Phi) is 7.10. The number of carbonyl (C=O) groups is 1. The topological polar surface area (TPSA) is 47.6 Å². The number of ether oxygens (including phenoxy) is 2. The standard InChI is InChI=1S/C20H22F3NO3/c1-14-5-3-8-18(15(14)2)26-10-9-19(25)24-12-16-6-4-7-17(11-16)27-13-20(21,22)23/h3-8,11H,9-10,12-13H2,1-2H3,(H,24,25). The van der Waals surface area contributed by atoms with Crippen molar-refractivity contribution in [2.75, 3.05) is 13.2 Å². The molecule has 0 bridgehead atoms. The lowest BCUT2D eigenvalue weighted by molar-refractivity contribution is -0.153. The van der Waals surface area contributed by atoms with Crippen molar-refractivity contribution in [3.05, 3.63) is 59.2 Å². The van der Waals surface area contributed by atoms with Crippen molar-refractivity contribution in [3.8, 4) is 11.5 Å². The van der Waals surface area contributed by atoms with Gasteiger partial charge in [-0.05, 0) is 48.7 Å². The van der Waals surface area contributed by atoms with Gasteiger partial charge in [-0.3, -0.25) is 4.79 Å². The van der Waals surface area contributed by atoms with Gasteiger partial charge < -0.3 is 14.8 Å². The summed E-state index contributed by atoms with van der Waals surface area (Å²) < 4.78 is 46.9. The van der Waals surface area contributed by atoms with E-state index in [1.54, 1.807) is 12.1 Å². The number of rotatable bonds is 8. The number of nitrogens with one attached hydrogen (secondary N) is 1. The number of hydrogen-bond acceptors (Lipinski definition) is 3. The number of halogens is 3. The lowest BCUT2D eigenvalue weighted by Crippen LogP contribution is -2.24. The molecule has 0 radical (unpaired) electrons. The summed E-state index contributed by atoms with van der Waals surface area (Å²) in [7, 11) is 0. The minimum Gasteiger partial charge on any atom is -0.493 e. The molecule has 7 heteroatoms. The van der Waals surface area contributed by atoms with E-state index in [4.69, 9.17) is 9.47 Å². The van der Waals surface area contributed by atoms with E-state index in [9.17, 15) is 18.0 Å². The van der Waals surface area contributed by atoms with Gasteiger partial charge >= 0.3 is 6.18 Å². The molecule has 0 saturated carbocycles. The summed E-state index contributed by atoms with van der Waals surface area (Å²) in [6.45, 7) is 3.04. The van der Waals surface area contributed by atoms with Crippen LogP contribution in [0.2, 0.25) is 0 Å². The van der Waals surface area contributed by atoms with Crippen molar-refractivity contribution in [2.24, 2.45) is 0 Å². The van der Waals surface area contributed by atoms with Gasteiger partial charge in [0.2, 0.25) is 5.91 Å². The van der Waals surface area contributed by atoms with Gasteiger partial charge in [-0.15, -0.1) is 0 Å². The van der Waals surface area contributed by atoms with Crippen LogP contribution in [0.5, 0.6) is 11.5 Å². The first-order valence-electron chi connectivity index (χ1n) is 8.49. The molecule has 2 rings (SSSR count). The molecule has 0 fully saturated rings. The largest absolute Gasteiger partial charge is 0.493 e. The van der Waals surface area contributed by atoms with Gasteiger partial charge in [-0.25, -0.2) is 0 Å². The van der Waals surface area contributed by atoms with E-state index in [1.807, 2.05) is 32.0 Å². The van der Waals surface area contributed by atoms with E-state index in [2.05, 4.69) is 5.32 Å². The summed E-state index contributed by atoms with van der Waals surface area (Å²) in [5.41, 5.74) is 2.80. The smallest absolute Gasteiger partial charge is 0.422 e. The van der Waals surface area contributed by atoms with Crippen LogP contribution in [0.25, 0.3) is 0 Å². The Hall–Kier alpha value is -2.70. The fourth-order valence-corrected chi connectivity index (χ4v) is 2.33. The molecule has 2 aromatic carbocycles. The number of amides is 1. The predicted octanol–water partition coefficient (Wildman–Crippen LogP) is 4.33. The predicted molar refractivity (Wildman–Crippen MR) is 95.9 cm³/mol. The number of hydrogen-bond donors (Lipinski definition) is 1. The zero-order valence-corrected chi connectivity index (χ0v) is 15.2. The van der Waals surface area contributed by atoms with Crippen LogP contribution < -0.4 is 14.8 Å². The molecule has 0 aliphatic rings. The molecule has 1 N–H and O–H groups in total. The highest BCUT2D eigenvalue weighted by molar-refractivity contribution is 5.76. The lowest BCUT2D eigenvalue weighted by atomic mass is 10.1. The summed E-state index contributed by atoms with van der Waals surface area (Å²) in [4.78, 5) is 11.9. The Labute approximate surface area is 156 Å². The van der Waals surface area contributed by atoms with Crippen LogP contribution >= 0.6 is 0 Å². The van der Waals surface area contributed by atoms with Crippen molar-refractivity contribution >= 4 is 5.91 Å². The summed E-state index contributed by atoms with van der Waals surface area (Å²) in [5, 5.41) is 2.71. The molecule has 0 aromatic heterocycles. The molecule has 0 aliphatic carbocycles. The fraction of sp³-hybridized carbons (Fsp3) is 0.350. The quantitative estimate of drug-likeness (QED) is 0.740. The van der Waals surface area contributed by atoms with Crippen LogP contribution in [-0.4, -0.2) is 25.3 Å². The molecule has 0 atom stereocenters. The van der Waals surface area contributed by atoms with Gasteiger partial charge in [0.15, 0.2) is 6.61 Å². The van der Waals surface area contributed by atoms with Crippen molar-refractivity contribution < 1.29 is 27.4 Å². The van der Waals surface area contributed by atoms with E-state index >= 15 is 0 Å². The van der Waals surface area contributed by atoms with Gasteiger partial charge in [0.25, 0.3) is 0 Å². The monoisotopic (exact) mass is 381 g/mol. The van der Waals surface area contributed by atoms with E-state index < -0.39 is 12.8 Å². The van der Waals surface area contributed by atoms with Gasteiger partial charge in [-0.2, -0.15) is 13.2 Å². The summed E-state index contributed by atoms with van der Waals surface area (Å²) in [5.74, 6) is 0.650. The van der Waals surface area contributed by atoms with Crippen molar-refractivity contribution in [3.63, 3.8) is 0 Å². The van der Waals surface area contributed by atoms with Crippen LogP contribution in [-0.2, 0) is 11.3 Å². The second-order valence-corrected chi connectivity index (χ2v) is 6.12. The molecule has 0 aliphatic heterocycles. The van der Waals surface area contributed by atoms with Crippen molar-refractivity contribution in [1.82, 2.24) is 5.32 Å². The second-order valence-electron chi connectivity index (χ2n) is 6.12. The Balaban J connectivity index is 1.76. The maximum atomic E-state index is 12.2. The first kappa shape index (κ1) is 20.6. The number of aryl methyl sites for hydroxylation is 1. The molecule has 0 unspecified atom stereocenters. The Morgan fingerprint density at radius 2 is 1.81 bits per heavy atom. The zero-order valence-electron chi connectivity index (χ0n) is 15.2. The minimum atomic E-state index is -4.39. The van der Waals surface area contributed by atoms with Gasteiger partial charge in [-0.1, -0.05) is 24.3 Å². The number of alkyl halides is 3. The number of benzene rings is 2. The highest BCUT2D eigenvalue weighted by Crippen LogP contribution is 2.21. The summed E-state index contributed by atoms with van der Waals surface area (Å²) in [6.07, 6.45) is -4.21. The third-order valence-corrected chi connectivity index (χ3v) is 3.93. The molecule has 4 nitrogen and oxygen atoms in total. The maximum Gasteiger partial charge on any atom is 0.422 e. The summed E-state index contributed by atoms with van der Waals surface area (Å²) in [6, 6.07) is 11.9. The van der Waals surface area contributed by atoms with Crippen LogP contribution in [0.1, 0.15) is 23.1 Å². The lowest BCUT2D eigenvalue weighted by Gasteiger charge is -2.12. The third-order valence-electron chi connectivity index (χ3n) is 3.93. The Morgan fingerprint density at radius 3 is 2.56 bits per heavy atom. The minimum absolute atomic E-state index is 0.109. The van der Waals surface area contributed by atoms with E-state index in [0.29, 0.717) is 5.56 Å². The molecule has 2 aromatic rings. The number of carbonyl (C=O) groups excluding carboxylic acids is 1. The van der Waals surface area contributed by atoms with Crippen LogP contribution in [0.4, 0.5) is 13.2 Å². The Bertz CT molecular complexity index is 775. The van der Waals surface area contributed by atoms with Crippen LogP contribution in [0, 0.1) is 13.8 Å². The van der Waals surface area contributed by atoms with Crippen molar-refractivity contribution in [1.29, 1.82) is 0 Å². The van der Waals surface area contributed by atoms with Gasteiger partial charge in [0, 0.05) is 6.54 Å². The van der Waals surface area contributed by atoms with Crippen LogP contribution in [0.3, 0.4) is 0 Å². The Morgan fingerprint density at radius 1 is 1.07 bits per heavy atom. The highest BCUT2D eigenvalue weighted by atomic mass is 19.4. The zero-order chi connectivity index (χ0) is 19.9. The highest BCUT2D eigenvalue weighted by Gasteiger charge is 2.28. The molecular formula is C20H22F3NO3. The van der Waals surface area contributed by atoms with Crippen LogP contribution in [0.15, 0.2) is 42.5 Å². The molecule has 27 heavy (non-hydrogen) atoms. The molecule has 146 valence electrons. The maximum absolute atomic E-state index is 12.2. The first-order chi connectivity index (χ1) is 12.7. The SMILES string of the molecule is Cc1cccc(OCCC(=O)NCc2cccc(OCC(F)(F)F)c2)c1C. The van der Waals surface area contributed by atoms with Gasteiger partial charge in [0.05, 0.1) is 13.0 Å². The molecule has 0 spiro atoms. The molecular weight excluding hydrogens is 359 g/mol. The third kappa shape index (κ3) is 7.21. The molecule has 0 heterocycles. The molecule has 1 amide bonds. The normalized spacial score (nSPS) is 11.1. The van der Waals surface area contributed by atoms with E-state index in [0.717, 1.165) is 16.9 Å². The first-order valence-corrected chi connectivity index (χ1v) is 8.49. The van der Waals surface area contributed by atoms with Gasteiger partial charge in [0.1, 0.15) is 11.5 Å². The fourth-order valence-electron chi connectivity index (χ4n) is 2.33.